The van der Waals surface area contributed by atoms with Gasteiger partial charge in [0.2, 0.25) is 5.91 Å². The number of amides is 1. The molecule has 1 rings (SSSR count). The van der Waals surface area contributed by atoms with Crippen molar-refractivity contribution in [3.8, 4) is 0 Å². The summed E-state index contributed by atoms with van der Waals surface area (Å²) in [7, 11) is -3.43. The fourth-order valence-electron chi connectivity index (χ4n) is 1.83. The van der Waals surface area contributed by atoms with Crippen LogP contribution in [0, 0.1) is 0 Å². The van der Waals surface area contributed by atoms with Gasteiger partial charge in [-0.05, 0) is 19.3 Å². The summed E-state index contributed by atoms with van der Waals surface area (Å²) in [5.41, 5.74) is 5.09. The van der Waals surface area contributed by atoms with Gasteiger partial charge in [-0.15, -0.1) is 0 Å². The zero-order valence-electron chi connectivity index (χ0n) is 8.81. The SMILES string of the molecule is CCC(C(N)=O)S(=O)(=O)C1CCOCC1. The van der Waals surface area contributed by atoms with E-state index in [1.165, 1.54) is 0 Å². The van der Waals surface area contributed by atoms with E-state index in [0.717, 1.165) is 0 Å². The van der Waals surface area contributed by atoms with Gasteiger partial charge in [-0.3, -0.25) is 4.79 Å². The molecule has 0 aromatic rings. The Morgan fingerprint density at radius 2 is 2.00 bits per heavy atom. The van der Waals surface area contributed by atoms with E-state index in [2.05, 4.69) is 0 Å². The maximum absolute atomic E-state index is 12.0. The van der Waals surface area contributed by atoms with Crippen molar-refractivity contribution < 1.29 is 17.9 Å². The van der Waals surface area contributed by atoms with Crippen molar-refractivity contribution in [2.24, 2.45) is 5.73 Å². The van der Waals surface area contributed by atoms with Gasteiger partial charge in [0.25, 0.3) is 0 Å². The highest BCUT2D eigenvalue weighted by Gasteiger charge is 2.37. The number of sulfone groups is 1. The van der Waals surface area contributed by atoms with Crippen LogP contribution in [-0.4, -0.2) is 38.0 Å². The molecule has 1 aliphatic heterocycles. The van der Waals surface area contributed by atoms with Crippen molar-refractivity contribution in [1.82, 2.24) is 0 Å². The Hall–Kier alpha value is -0.620. The molecule has 6 heteroatoms. The van der Waals surface area contributed by atoms with E-state index in [-0.39, 0.29) is 6.42 Å². The van der Waals surface area contributed by atoms with Crippen LogP contribution in [0.3, 0.4) is 0 Å². The lowest BCUT2D eigenvalue weighted by Gasteiger charge is -2.25. The van der Waals surface area contributed by atoms with Crippen LogP contribution in [0.2, 0.25) is 0 Å². The third-order valence-electron chi connectivity index (χ3n) is 2.72. The summed E-state index contributed by atoms with van der Waals surface area (Å²) >= 11 is 0. The first-order chi connectivity index (χ1) is 7.00. The molecule has 0 aliphatic carbocycles. The van der Waals surface area contributed by atoms with E-state index in [0.29, 0.717) is 26.1 Å². The summed E-state index contributed by atoms with van der Waals surface area (Å²) < 4.78 is 29.1. The number of ether oxygens (including phenoxy) is 1. The molecule has 1 atom stereocenters. The van der Waals surface area contributed by atoms with Gasteiger partial charge in [0.05, 0.1) is 5.25 Å². The standard InChI is InChI=1S/C9H17NO4S/c1-2-8(9(10)11)15(12,13)7-3-5-14-6-4-7/h7-8H,2-6H2,1H3,(H2,10,11). The smallest absolute Gasteiger partial charge is 0.235 e. The summed E-state index contributed by atoms with van der Waals surface area (Å²) in [5, 5.41) is -1.51. The molecule has 1 fully saturated rings. The molecule has 2 N–H and O–H groups in total. The van der Waals surface area contributed by atoms with Crippen molar-refractivity contribution >= 4 is 15.7 Å². The minimum atomic E-state index is -3.43. The number of hydrogen-bond donors (Lipinski definition) is 1. The molecule has 1 unspecified atom stereocenters. The molecular formula is C9H17NO4S. The van der Waals surface area contributed by atoms with Gasteiger partial charge in [0, 0.05) is 13.2 Å². The van der Waals surface area contributed by atoms with E-state index in [4.69, 9.17) is 10.5 Å². The second-order valence-electron chi connectivity index (χ2n) is 3.70. The van der Waals surface area contributed by atoms with E-state index >= 15 is 0 Å². The molecule has 88 valence electrons. The predicted octanol–water partition coefficient (Wildman–Crippen LogP) is -0.156. The first kappa shape index (κ1) is 12.4. The van der Waals surface area contributed by atoms with Crippen LogP contribution in [0.1, 0.15) is 26.2 Å². The lowest BCUT2D eigenvalue weighted by atomic mass is 10.2. The molecule has 0 radical (unpaired) electrons. The summed E-state index contributed by atoms with van der Waals surface area (Å²) in [6, 6.07) is 0. The normalized spacial score (nSPS) is 21.1. The van der Waals surface area contributed by atoms with E-state index in [1.807, 2.05) is 0 Å². The molecule has 0 saturated carbocycles. The highest BCUT2D eigenvalue weighted by atomic mass is 32.2. The summed E-state index contributed by atoms with van der Waals surface area (Å²) in [4.78, 5) is 11.0. The quantitative estimate of drug-likeness (QED) is 0.733. The van der Waals surface area contributed by atoms with Crippen LogP contribution in [0.4, 0.5) is 0 Å². The topological polar surface area (TPSA) is 86.5 Å². The zero-order chi connectivity index (χ0) is 11.5. The zero-order valence-corrected chi connectivity index (χ0v) is 9.63. The van der Waals surface area contributed by atoms with Crippen molar-refractivity contribution in [1.29, 1.82) is 0 Å². The predicted molar refractivity (Wildman–Crippen MR) is 56.0 cm³/mol. The monoisotopic (exact) mass is 235 g/mol. The average molecular weight is 235 g/mol. The Labute approximate surface area is 89.9 Å². The van der Waals surface area contributed by atoms with Gasteiger partial charge in [-0.25, -0.2) is 8.42 Å². The fourth-order valence-corrected chi connectivity index (χ4v) is 3.93. The van der Waals surface area contributed by atoms with Crippen LogP contribution in [0.5, 0.6) is 0 Å². The van der Waals surface area contributed by atoms with E-state index < -0.39 is 26.2 Å². The lowest BCUT2D eigenvalue weighted by Crippen LogP contribution is -2.42. The van der Waals surface area contributed by atoms with Crippen LogP contribution in [0.25, 0.3) is 0 Å². The summed E-state index contributed by atoms with van der Waals surface area (Å²) in [6.07, 6.45) is 1.17. The highest BCUT2D eigenvalue weighted by Crippen LogP contribution is 2.21. The maximum atomic E-state index is 12.0. The number of rotatable bonds is 4. The van der Waals surface area contributed by atoms with Gasteiger partial charge in [-0.1, -0.05) is 6.92 Å². The van der Waals surface area contributed by atoms with Crippen molar-refractivity contribution in [3.63, 3.8) is 0 Å². The Morgan fingerprint density at radius 3 is 2.40 bits per heavy atom. The lowest BCUT2D eigenvalue weighted by molar-refractivity contribution is -0.117. The Bertz CT molecular complexity index is 319. The van der Waals surface area contributed by atoms with Gasteiger partial charge in [0.15, 0.2) is 9.84 Å². The molecule has 0 aromatic heterocycles. The molecule has 1 heterocycles. The first-order valence-corrected chi connectivity index (χ1v) is 6.70. The van der Waals surface area contributed by atoms with E-state index in [9.17, 15) is 13.2 Å². The van der Waals surface area contributed by atoms with Gasteiger partial charge in [0.1, 0.15) is 5.25 Å². The molecule has 1 amide bonds. The summed E-state index contributed by atoms with van der Waals surface area (Å²) in [6.45, 7) is 2.55. The van der Waals surface area contributed by atoms with Crippen LogP contribution >= 0.6 is 0 Å². The third kappa shape index (κ3) is 2.69. The number of primary amides is 1. The largest absolute Gasteiger partial charge is 0.381 e. The number of nitrogens with two attached hydrogens (primary N) is 1. The minimum Gasteiger partial charge on any atom is -0.381 e. The van der Waals surface area contributed by atoms with Crippen molar-refractivity contribution in [2.45, 2.75) is 36.7 Å². The highest BCUT2D eigenvalue weighted by molar-refractivity contribution is 7.93. The van der Waals surface area contributed by atoms with Gasteiger partial charge in [-0.2, -0.15) is 0 Å². The van der Waals surface area contributed by atoms with Crippen LogP contribution in [0.15, 0.2) is 0 Å². The molecule has 1 saturated heterocycles. The first-order valence-electron chi connectivity index (χ1n) is 5.10. The minimum absolute atomic E-state index is 0.245. The second-order valence-corrected chi connectivity index (χ2v) is 6.11. The van der Waals surface area contributed by atoms with E-state index in [1.54, 1.807) is 6.92 Å². The molecule has 0 spiro atoms. The van der Waals surface area contributed by atoms with Gasteiger partial charge >= 0.3 is 0 Å². The number of carbonyl (C=O) groups excluding carboxylic acids is 1. The molecule has 0 bridgehead atoms. The third-order valence-corrected chi connectivity index (χ3v) is 5.48. The second kappa shape index (κ2) is 4.94. The molecular weight excluding hydrogens is 218 g/mol. The fraction of sp³-hybridized carbons (Fsp3) is 0.889. The number of carbonyl (C=O) groups is 1. The molecule has 1 aliphatic rings. The van der Waals surface area contributed by atoms with Crippen molar-refractivity contribution in [2.75, 3.05) is 13.2 Å². The van der Waals surface area contributed by atoms with Crippen LogP contribution < -0.4 is 5.73 Å². The molecule has 5 nitrogen and oxygen atoms in total. The molecule has 0 aromatic carbocycles. The van der Waals surface area contributed by atoms with Gasteiger partial charge < -0.3 is 10.5 Å². The summed E-state index contributed by atoms with van der Waals surface area (Å²) in [5.74, 6) is -0.746. The Kier molecular flexibility index (Phi) is 4.10. The number of hydrogen-bond acceptors (Lipinski definition) is 4. The maximum Gasteiger partial charge on any atom is 0.235 e. The Balaban J connectivity index is 2.84. The average Bonchev–Trinajstić information content (AvgIpc) is 2.19. The van der Waals surface area contributed by atoms with Crippen molar-refractivity contribution in [3.05, 3.63) is 0 Å². The Morgan fingerprint density at radius 1 is 1.47 bits per heavy atom. The molecule has 15 heavy (non-hydrogen) atoms. The van der Waals surface area contributed by atoms with Crippen LogP contribution in [-0.2, 0) is 19.4 Å².